The SMILES string of the molecule is COc1ccc(Cc2nn(CN3CCN(c4ccccc4F)CC3)c(=S)o2)cc1. The van der Waals surface area contributed by atoms with Gasteiger partial charge >= 0.3 is 0 Å². The number of methoxy groups -OCH3 is 1. The molecule has 1 fully saturated rings. The number of anilines is 1. The summed E-state index contributed by atoms with van der Waals surface area (Å²) in [6.07, 6.45) is 0.571. The number of ether oxygens (including phenoxy) is 1. The fourth-order valence-corrected chi connectivity index (χ4v) is 3.65. The maximum atomic E-state index is 14.0. The van der Waals surface area contributed by atoms with E-state index in [1.807, 2.05) is 36.4 Å². The fourth-order valence-electron chi connectivity index (χ4n) is 3.46. The van der Waals surface area contributed by atoms with Crippen molar-refractivity contribution in [2.45, 2.75) is 13.1 Å². The standard InChI is InChI=1S/C21H23FN4O2S/c1-27-17-8-6-16(7-9-17)14-20-23-26(21(29)28-20)15-24-10-12-25(13-11-24)19-5-3-2-4-18(19)22/h2-9H,10-15H2,1H3. The minimum absolute atomic E-state index is 0.178. The Balaban J connectivity index is 1.35. The number of aromatic nitrogens is 2. The second-order valence-corrected chi connectivity index (χ2v) is 7.33. The maximum absolute atomic E-state index is 14.0. The van der Waals surface area contributed by atoms with E-state index in [1.54, 1.807) is 17.9 Å². The third-order valence-electron chi connectivity index (χ3n) is 5.06. The van der Waals surface area contributed by atoms with E-state index in [2.05, 4.69) is 14.9 Å². The zero-order valence-corrected chi connectivity index (χ0v) is 17.1. The van der Waals surface area contributed by atoms with Crippen LogP contribution in [0.2, 0.25) is 0 Å². The highest BCUT2D eigenvalue weighted by Gasteiger charge is 2.20. The molecule has 0 aliphatic carbocycles. The summed E-state index contributed by atoms with van der Waals surface area (Å²) in [6.45, 7) is 3.68. The molecule has 0 bridgehead atoms. The van der Waals surface area contributed by atoms with Crippen LogP contribution < -0.4 is 9.64 Å². The number of benzene rings is 2. The summed E-state index contributed by atoms with van der Waals surface area (Å²) in [5.74, 6) is 1.22. The van der Waals surface area contributed by atoms with Crippen LogP contribution in [0.25, 0.3) is 0 Å². The number of halogens is 1. The summed E-state index contributed by atoms with van der Waals surface area (Å²) in [5, 5.41) is 4.53. The Labute approximate surface area is 174 Å². The van der Waals surface area contributed by atoms with Crippen LogP contribution in [-0.2, 0) is 13.1 Å². The largest absolute Gasteiger partial charge is 0.497 e. The third kappa shape index (κ3) is 4.65. The quantitative estimate of drug-likeness (QED) is 0.573. The van der Waals surface area contributed by atoms with Gasteiger partial charge in [-0.2, -0.15) is 0 Å². The molecule has 1 aromatic heterocycles. The van der Waals surface area contributed by atoms with Gasteiger partial charge in [-0.3, -0.25) is 4.90 Å². The average molecular weight is 415 g/mol. The Morgan fingerprint density at radius 3 is 2.48 bits per heavy atom. The number of piperazine rings is 1. The highest BCUT2D eigenvalue weighted by Crippen LogP contribution is 2.20. The molecule has 0 N–H and O–H groups in total. The molecular formula is C21H23FN4O2S. The summed E-state index contributed by atoms with van der Waals surface area (Å²) in [4.78, 5) is 4.68. The Hall–Kier alpha value is -2.71. The number of hydrogen-bond donors (Lipinski definition) is 0. The molecule has 0 atom stereocenters. The summed E-state index contributed by atoms with van der Waals surface area (Å²) in [6, 6.07) is 14.7. The zero-order valence-electron chi connectivity index (χ0n) is 16.3. The average Bonchev–Trinajstić information content (AvgIpc) is 3.08. The van der Waals surface area contributed by atoms with E-state index in [9.17, 15) is 4.39 Å². The second kappa shape index (κ2) is 8.75. The Morgan fingerprint density at radius 1 is 1.07 bits per heavy atom. The number of para-hydroxylation sites is 1. The van der Waals surface area contributed by atoms with Gasteiger partial charge in [0.05, 0.1) is 25.9 Å². The zero-order chi connectivity index (χ0) is 20.2. The lowest BCUT2D eigenvalue weighted by molar-refractivity contribution is 0.192. The summed E-state index contributed by atoms with van der Waals surface area (Å²) < 4.78 is 26.6. The molecule has 0 radical (unpaired) electrons. The van der Waals surface area contributed by atoms with Gasteiger partial charge in [-0.15, -0.1) is 5.10 Å². The lowest BCUT2D eigenvalue weighted by Gasteiger charge is -2.35. The van der Waals surface area contributed by atoms with Crippen LogP contribution in [0.1, 0.15) is 11.5 Å². The first kappa shape index (κ1) is 19.6. The van der Waals surface area contributed by atoms with Crippen molar-refractivity contribution in [2.75, 3.05) is 38.2 Å². The predicted molar refractivity (Wildman–Crippen MR) is 111 cm³/mol. The van der Waals surface area contributed by atoms with Crippen LogP contribution in [-0.4, -0.2) is 48.0 Å². The lowest BCUT2D eigenvalue weighted by atomic mass is 10.1. The van der Waals surface area contributed by atoms with Gasteiger partial charge in [0.25, 0.3) is 4.84 Å². The van der Waals surface area contributed by atoms with E-state index < -0.39 is 0 Å². The minimum Gasteiger partial charge on any atom is -0.497 e. The number of nitrogens with zero attached hydrogens (tertiary/aromatic N) is 4. The van der Waals surface area contributed by atoms with Crippen LogP contribution in [0.3, 0.4) is 0 Å². The van der Waals surface area contributed by atoms with Gasteiger partial charge < -0.3 is 14.1 Å². The summed E-state index contributed by atoms with van der Waals surface area (Å²) in [7, 11) is 1.64. The molecule has 0 unspecified atom stereocenters. The lowest BCUT2D eigenvalue weighted by Crippen LogP contribution is -2.47. The van der Waals surface area contributed by atoms with E-state index >= 15 is 0 Å². The number of rotatable bonds is 6. The van der Waals surface area contributed by atoms with E-state index in [-0.39, 0.29) is 5.82 Å². The molecule has 0 saturated carbocycles. The van der Waals surface area contributed by atoms with Crippen LogP contribution in [0.5, 0.6) is 5.75 Å². The van der Waals surface area contributed by atoms with Crippen LogP contribution in [0.15, 0.2) is 52.9 Å². The first-order valence-corrected chi connectivity index (χ1v) is 9.95. The van der Waals surface area contributed by atoms with Crippen molar-refractivity contribution >= 4 is 17.9 Å². The molecule has 1 saturated heterocycles. The van der Waals surface area contributed by atoms with E-state index in [0.29, 0.717) is 29.5 Å². The van der Waals surface area contributed by atoms with Gasteiger partial charge in [0.2, 0.25) is 5.89 Å². The van der Waals surface area contributed by atoms with Gasteiger partial charge in [-0.05, 0) is 42.0 Å². The smallest absolute Gasteiger partial charge is 0.288 e. The van der Waals surface area contributed by atoms with Crippen molar-refractivity contribution in [3.8, 4) is 5.75 Å². The first-order valence-electron chi connectivity index (χ1n) is 9.54. The number of hydrogen-bond acceptors (Lipinski definition) is 6. The van der Waals surface area contributed by atoms with Crippen molar-refractivity contribution in [1.29, 1.82) is 0 Å². The van der Waals surface area contributed by atoms with Crippen LogP contribution in [0, 0.1) is 10.7 Å². The van der Waals surface area contributed by atoms with Crippen molar-refractivity contribution in [1.82, 2.24) is 14.7 Å². The summed E-state index contributed by atoms with van der Waals surface area (Å²) >= 11 is 5.34. The molecular weight excluding hydrogens is 391 g/mol. The van der Waals surface area contributed by atoms with E-state index in [1.165, 1.54) is 6.07 Å². The highest BCUT2D eigenvalue weighted by molar-refractivity contribution is 7.71. The van der Waals surface area contributed by atoms with Gasteiger partial charge in [-0.1, -0.05) is 24.3 Å². The van der Waals surface area contributed by atoms with Gasteiger partial charge in [0, 0.05) is 26.2 Å². The molecule has 8 heteroatoms. The van der Waals surface area contributed by atoms with Crippen molar-refractivity contribution in [2.24, 2.45) is 0 Å². The van der Waals surface area contributed by atoms with Crippen molar-refractivity contribution in [3.05, 3.63) is 70.6 Å². The van der Waals surface area contributed by atoms with Crippen LogP contribution in [0.4, 0.5) is 10.1 Å². The molecule has 4 rings (SSSR count). The molecule has 1 aliphatic rings. The molecule has 0 amide bonds. The third-order valence-corrected chi connectivity index (χ3v) is 5.36. The molecule has 6 nitrogen and oxygen atoms in total. The molecule has 152 valence electrons. The maximum Gasteiger partial charge on any atom is 0.288 e. The topological polar surface area (TPSA) is 46.7 Å². The Morgan fingerprint density at radius 2 is 1.79 bits per heavy atom. The fraction of sp³-hybridized carbons (Fsp3) is 0.333. The highest BCUT2D eigenvalue weighted by atomic mass is 32.1. The first-order chi connectivity index (χ1) is 14.1. The minimum atomic E-state index is -0.178. The predicted octanol–water partition coefficient (Wildman–Crippen LogP) is 3.72. The van der Waals surface area contributed by atoms with Gasteiger partial charge in [-0.25, -0.2) is 9.07 Å². The van der Waals surface area contributed by atoms with E-state index in [0.717, 1.165) is 37.5 Å². The van der Waals surface area contributed by atoms with E-state index in [4.69, 9.17) is 21.4 Å². The summed E-state index contributed by atoms with van der Waals surface area (Å²) in [5.41, 5.74) is 1.74. The normalized spacial score (nSPS) is 14.9. The monoisotopic (exact) mass is 414 g/mol. The molecule has 2 aromatic carbocycles. The molecule has 1 aliphatic heterocycles. The molecule has 0 spiro atoms. The Kier molecular flexibility index (Phi) is 5.92. The van der Waals surface area contributed by atoms with Crippen molar-refractivity contribution in [3.63, 3.8) is 0 Å². The molecule has 2 heterocycles. The molecule has 29 heavy (non-hydrogen) atoms. The van der Waals surface area contributed by atoms with Crippen LogP contribution >= 0.6 is 12.2 Å². The second-order valence-electron chi connectivity index (χ2n) is 6.98. The van der Waals surface area contributed by atoms with Gasteiger partial charge in [0.1, 0.15) is 11.6 Å². The molecule has 3 aromatic rings. The van der Waals surface area contributed by atoms with Gasteiger partial charge in [0.15, 0.2) is 0 Å². The Bertz CT molecular complexity index is 1010. The van der Waals surface area contributed by atoms with Crippen molar-refractivity contribution < 1.29 is 13.5 Å².